The van der Waals surface area contributed by atoms with Gasteiger partial charge in [0.25, 0.3) is 10.1 Å². The van der Waals surface area contributed by atoms with E-state index in [1.165, 1.54) is 134 Å². The van der Waals surface area contributed by atoms with E-state index in [1.807, 2.05) is 0 Å². The first-order chi connectivity index (χ1) is 22.7. The Labute approximate surface area is 290 Å². The van der Waals surface area contributed by atoms with Gasteiger partial charge in [-0.3, -0.25) is 9.35 Å². The van der Waals surface area contributed by atoms with Crippen LogP contribution in [0.1, 0.15) is 194 Å². The van der Waals surface area contributed by atoms with E-state index >= 15 is 0 Å². The van der Waals surface area contributed by atoms with Gasteiger partial charge in [0.15, 0.2) is 0 Å². The second-order valence-electron chi connectivity index (χ2n) is 13.7. The largest absolute Gasteiger partial charge is 0.387 e. The summed E-state index contributed by atoms with van der Waals surface area (Å²) in [6.07, 6.45) is 38.3. The average Bonchev–Trinajstić information content (AvgIpc) is 3.03. The van der Waals surface area contributed by atoms with Crippen LogP contribution in [0, 0.1) is 0 Å². The summed E-state index contributed by atoms with van der Waals surface area (Å²) in [6, 6.07) is -1.24. The Kier molecular flexibility index (Phi) is 32.4. The molecule has 3 atom stereocenters. The number of carbonyl (C=O) groups excluding carboxylic acids is 1. The first-order valence-electron chi connectivity index (χ1n) is 19.6. The lowest BCUT2D eigenvalue weighted by atomic mass is 10.0. The molecular weight excluding hydrogens is 610 g/mol. The molecule has 0 heterocycles. The maximum atomic E-state index is 12.5. The highest BCUT2D eigenvalue weighted by Gasteiger charge is 2.27. The summed E-state index contributed by atoms with van der Waals surface area (Å²) in [7, 11) is -4.44. The van der Waals surface area contributed by atoms with Gasteiger partial charge in [-0.25, -0.2) is 0 Å². The molecule has 4 N–H and O–H groups in total. The number of rotatable bonds is 35. The van der Waals surface area contributed by atoms with Crippen molar-refractivity contribution in [3.05, 3.63) is 24.3 Å². The van der Waals surface area contributed by atoms with Crippen LogP contribution in [-0.2, 0) is 14.9 Å². The lowest BCUT2D eigenvalue weighted by Gasteiger charge is -2.22. The molecule has 0 aromatic heterocycles. The summed E-state index contributed by atoms with van der Waals surface area (Å²) in [5.74, 6) is -1.55. The van der Waals surface area contributed by atoms with Crippen molar-refractivity contribution in [3.63, 3.8) is 0 Å². The van der Waals surface area contributed by atoms with Crippen molar-refractivity contribution in [2.45, 2.75) is 212 Å². The maximum absolute atomic E-state index is 12.5. The van der Waals surface area contributed by atoms with Crippen LogP contribution in [0.4, 0.5) is 0 Å². The Morgan fingerprint density at radius 3 is 1.40 bits per heavy atom. The standard InChI is InChI=1S/C39H75NO6S/c1-3-5-7-9-11-13-14-15-16-17-18-19-20-21-22-23-24-26-28-30-32-34-38(42)39(43)40-36(35-47(44,45)46)37(41)33-31-29-27-25-12-10-8-6-4-2/h12,25,31,33,36-38,41-42H,3-11,13-24,26-30,32,34-35H2,1-2H3,(H,40,43)(H,44,45,46)/b25-12+,33-31+. The minimum atomic E-state index is -4.44. The molecule has 0 bridgehead atoms. The van der Waals surface area contributed by atoms with Gasteiger partial charge in [-0.1, -0.05) is 186 Å². The Hall–Kier alpha value is -1.22. The van der Waals surface area contributed by atoms with E-state index in [0.29, 0.717) is 12.8 Å². The van der Waals surface area contributed by atoms with Crippen molar-refractivity contribution in [1.29, 1.82) is 0 Å². The van der Waals surface area contributed by atoms with Crippen LogP contribution >= 0.6 is 0 Å². The molecule has 0 spiro atoms. The van der Waals surface area contributed by atoms with Crippen molar-refractivity contribution in [2.75, 3.05) is 5.75 Å². The Morgan fingerprint density at radius 1 is 0.574 bits per heavy atom. The smallest absolute Gasteiger partial charge is 0.267 e. The molecule has 0 rings (SSSR count). The van der Waals surface area contributed by atoms with Gasteiger partial charge in [0.05, 0.1) is 17.9 Å². The van der Waals surface area contributed by atoms with Gasteiger partial charge in [0.1, 0.15) is 6.10 Å². The van der Waals surface area contributed by atoms with E-state index in [0.717, 1.165) is 32.1 Å². The van der Waals surface area contributed by atoms with Gasteiger partial charge in [-0.15, -0.1) is 0 Å². The van der Waals surface area contributed by atoms with Crippen molar-refractivity contribution in [3.8, 4) is 0 Å². The molecule has 3 unspecified atom stereocenters. The van der Waals surface area contributed by atoms with Gasteiger partial charge in [-0.2, -0.15) is 8.42 Å². The number of aliphatic hydroxyl groups is 2. The van der Waals surface area contributed by atoms with Crippen molar-refractivity contribution in [2.24, 2.45) is 0 Å². The zero-order chi connectivity index (χ0) is 34.9. The van der Waals surface area contributed by atoms with E-state index in [-0.39, 0.29) is 6.42 Å². The summed E-state index contributed by atoms with van der Waals surface area (Å²) >= 11 is 0. The number of amides is 1. The third-order valence-corrected chi connectivity index (χ3v) is 9.77. The molecule has 8 heteroatoms. The fraction of sp³-hybridized carbons (Fsp3) is 0.872. The third-order valence-electron chi connectivity index (χ3n) is 8.99. The van der Waals surface area contributed by atoms with Gasteiger partial charge in [0, 0.05) is 0 Å². The molecular formula is C39H75NO6S. The third kappa shape index (κ3) is 33.1. The first kappa shape index (κ1) is 45.8. The van der Waals surface area contributed by atoms with E-state index < -0.39 is 40.0 Å². The normalized spacial score (nSPS) is 14.2. The van der Waals surface area contributed by atoms with Crippen LogP contribution in [0.3, 0.4) is 0 Å². The molecule has 0 aromatic carbocycles. The molecule has 278 valence electrons. The van der Waals surface area contributed by atoms with Crippen LogP contribution in [0.5, 0.6) is 0 Å². The quantitative estimate of drug-likeness (QED) is 0.0299. The van der Waals surface area contributed by atoms with Crippen LogP contribution in [0.25, 0.3) is 0 Å². The summed E-state index contributed by atoms with van der Waals surface area (Å²) in [6.45, 7) is 4.44. The van der Waals surface area contributed by atoms with Crippen LogP contribution < -0.4 is 5.32 Å². The fourth-order valence-electron chi connectivity index (χ4n) is 5.94. The molecule has 47 heavy (non-hydrogen) atoms. The van der Waals surface area contributed by atoms with Crippen LogP contribution in [0.2, 0.25) is 0 Å². The molecule has 0 radical (unpaired) electrons. The number of aliphatic hydroxyl groups excluding tert-OH is 2. The van der Waals surface area contributed by atoms with E-state index in [9.17, 15) is 28.0 Å². The number of nitrogens with one attached hydrogen (secondary N) is 1. The Bertz CT molecular complexity index is 860. The average molecular weight is 686 g/mol. The molecule has 0 saturated carbocycles. The van der Waals surface area contributed by atoms with Crippen molar-refractivity contribution >= 4 is 16.0 Å². The van der Waals surface area contributed by atoms with Gasteiger partial charge >= 0.3 is 0 Å². The molecule has 0 saturated heterocycles. The summed E-state index contributed by atoms with van der Waals surface area (Å²) in [5.41, 5.74) is 0. The zero-order valence-electron chi connectivity index (χ0n) is 30.5. The van der Waals surface area contributed by atoms with E-state index in [1.54, 1.807) is 6.08 Å². The Balaban J connectivity index is 3.91. The second kappa shape index (κ2) is 33.3. The summed E-state index contributed by atoms with van der Waals surface area (Å²) in [4.78, 5) is 12.5. The monoisotopic (exact) mass is 686 g/mol. The molecule has 7 nitrogen and oxygen atoms in total. The minimum absolute atomic E-state index is 0.278. The minimum Gasteiger partial charge on any atom is -0.387 e. The highest BCUT2D eigenvalue weighted by molar-refractivity contribution is 7.85. The SMILES string of the molecule is CCCCC/C=C/CC/C=C/C(O)C(CS(=O)(=O)O)NC(=O)C(O)CCCCCCCCCCCCCCCCCCCCCCC. The predicted octanol–water partition coefficient (Wildman–Crippen LogP) is 10.2. The molecule has 0 aromatic rings. The topological polar surface area (TPSA) is 124 Å². The molecule has 1 amide bonds. The number of unbranched alkanes of at least 4 members (excludes halogenated alkanes) is 24. The molecule has 0 aliphatic rings. The predicted molar refractivity (Wildman–Crippen MR) is 199 cm³/mol. The highest BCUT2D eigenvalue weighted by atomic mass is 32.2. The number of allylic oxidation sites excluding steroid dienone is 3. The number of hydrogen-bond donors (Lipinski definition) is 4. The lowest BCUT2D eigenvalue weighted by molar-refractivity contribution is -0.130. The summed E-state index contributed by atoms with van der Waals surface area (Å²) in [5, 5.41) is 23.2. The Morgan fingerprint density at radius 2 is 0.957 bits per heavy atom. The zero-order valence-corrected chi connectivity index (χ0v) is 31.3. The second-order valence-corrected chi connectivity index (χ2v) is 15.2. The van der Waals surface area contributed by atoms with Crippen molar-refractivity contribution < 1.29 is 28.0 Å². The number of carbonyl (C=O) groups is 1. The van der Waals surface area contributed by atoms with Gasteiger partial charge in [-0.05, 0) is 32.1 Å². The van der Waals surface area contributed by atoms with Crippen molar-refractivity contribution in [1.82, 2.24) is 5.32 Å². The first-order valence-corrected chi connectivity index (χ1v) is 21.3. The van der Waals surface area contributed by atoms with Crippen LogP contribution in [-0.4, -0.2) is 53.1 Å². The van der Waals surface area contributed by atoms with E-state index in [2.05, 4.69) is 31.3 Å². The van der Waals surface area contributed by atoms with Gasteiger partial charge in [0.2, 0.25) is 5.91 Å². The molecule has 0 aliphatic carbocycles. The molecule has 0 fully saturated rings. The van der Waals surface area contributed by atoms with Crippen LogP contribution in [0.15, 0.2) is 24.3 Å². The summed E-state index contributed by atoms with van der Waals surface area (Å²) < 4.78 is 32.3. The highest BCUT2D eigenvalue weighted by Crippen LogP contribution is 2.16. The van der Waals surface area contributed by atoms with E-state index in [4.69, 9.17) is 0 Å². The fourth-order valence-corrected chi connectivity index (χ4v) is 6.68. The number of hydrogen-bond acceptors (Lipinski definition) is 5. The molecule has 0 aliphatic heterocycles. The lowest BCUT2D eigenvalue weighted by Crippen LogP contribution is -2.50. The maximum Gasteiger partial charge on any atom is 0.267 e. The van der Waals surface area contributed by atoms with Gasteiger partial charge < -0.3 is 15.5 Å².